The number of ether oxygens (including phenoxy) is 1. The van der Waals surface area contributed by atoms with Gasteiger partial charge < -0.3 is 9.84 Å². The molecular weight excluding hydrogens is 254 g/mol. The van der Waals surface area contributed by atoms with E-state index < -0.39 is 5.41 Å². The molecule has 0 radical (unpaired) electrons. The van der Waals surface area contributed by atoms with E-state index in [9.17, 15) is 9.90 Å². The minimum Gasteiger partial charge on any atom is -0.504 e. The standard InChI is InChI=1S/C16H19NO3/c1-5-20-14-9-11(6-7-13(14)18)8-12(10-17)15(19)16(2,3)4/h6-9,18H,5H2,1-4H3. The molecule has 0 aliphatic carbocycles. The summed E-state index contributed by atoms with van der Waals surface area (Å²) in [5.41, 5.74) is 0.118. The van der Waals surface area contributed by atoms with E-state index in [1.54, 1.807) is 32.9 Å². The number of nitriles is 1. The predicted octanol–water partition coefficient (Wildman–Crippen LogP) is 3.31. The van der Waals surface area contributed by atoms with E-state index >= 15 is 0 Å². The molecule has 0 bridgehead atoms. The SMILES string of the molecule is CCOc1cc(C=C(C#N)C(=O)C(C)(C)C)ccc1O. The van der Waals surface area contributed by atoms with E-state index in [4.69, 9.17) is 10.00 Å². The minimum absolute atomic E-state index is 0.0321. The van der Waals surface area contributed by atoms with Gasteiger partial charge >= 0.3 is 0 Å². The molecule has 0 amide bonds. The maximum atomic E-state index is 12.1. The van der Waals surface area contributed by atoms with Gasteiger partial charge in [0, 0.05) is 5.41 Å². The van der Waals surface area contributed by atoms with Gasteiger partial charge in [-0.05, 0) is 30.7 Å². The number of hydrogen-bond donors (Lipinski definition) is 1. The Morgan fingerprint density at radius 3 is 2.60 bits per heavy atom. The van der Waals surface area contributed by atoms with Gasteiger partial charge in [0.05, 0.1) is 12.2 Å². The second-order valence-corrected chi connectivity index (χ2v) is 5.41. The van der Waals surface area contributed by atoms with Crippen molar-refractivity contribution in [1.29, 1.82) is 5.26 Å². The first-order valence-corrected chi connectivity index (χ1v) is 6.42. The molecule has 0 aromatic heterocycles. The maximum Gasteiger partial charge on any atom is 0.178 e. The summed E-state index contributed by atoms with van der Waals surface area (Å²) in [6.45, 7) is 7.54. The largest absolute Gasteiger partial charge is 0.504 e. The van der Waals surface area contributed by atoms with Gasteiger partial charge in [-0.2, -0.15) is 5.26 Å². The van der Waals surface area contributed by atoms with Crippen LogP contribution in [0.1, 0.15) is 33.3 Å². The molecule has 20 heavy (non-hydrogen) atoms. The Morgan fingerprint density at radius 1 is 1.45 bits per heavy atom. The van der Waals surface area contributed by atoms with Crippen LogP contribution in [-0.4, -0.2) is 17.5 Å². The van der Waals surface area contributed by atoms with Crippen LogP contribution >= 0.6 is 0 Å². The number of aromatic hydroxyl groups is 1. The van der Waals surface area contributed by atoms with Crippen molar-refractivity contribution in [2.24, 2.45) is 5.41 Å². The van der Waals surface area contributed by atoms with Crippen LogP contribution in [0.15, 0.2) is 23.8 Å². The molecule has 0 unspecified atom stereocenters. The van der Waals surface area contributed by atoms with E-state index in [0.717, 1.165) is 0 Å². The summed E-state index contributed by atoms with van der Waals surface area (Å²) in [5, 5.41) is 18.7. The van der Waals surface area contributed by atoms with Crippen LogP contribution in [0.2, 0.25) is 0 Å². The molecule has 0 spiro atoms. The van der Waals surface area contributed by atoms with Gasteiger partial charge in [-0.25, -0.2) is 0 Å². The number of ketones is 1. The molecule has 0 saturated heterocycles. The summed E-state index contributed by atoms with van der Waals surface area (Å²) in [6.07, 6.45) is 1.51. The summed E-state index contributed by atoms with van der Waals surface area (Å²) in [6, 6.07) is 6.64. The van der Waals surface area contributed by atoms with Crippen molar-refractivity contribution in [1.82, 2.24) is 0 Å². The maximum absolute atomic E-state index is 12.1. The zero-order valence-electron chi connectivity index (χ0n) is 12.2. The van der Waals surface area contributed by atoms with Crippen molar-refractivity contribution >= 4 is 11.9 Å². The molecule has 1 aromatic rings. The fourth-order valence-electron chi connectivity index (χ4n) is 1.61. The minimum atomic E-state index is -0.610. The molecule has 4 nitrogen and oxygen atoms in total. The highest BCUT2D eigenvalue weighted by molar-refractivity contribution is 6.06. The van der Waals surface area contributed by atoms with E-state index in [0.29, 0.717) is 17.9 Å². The van der Waals surface area contributed by atoms with Crippen molar-refractivity contribution < 1.29 is 14.6 Å². The highest BCUT2D eigenvalue weighted by Crippen LogP contribution is 2.28. The fraction of sp³-hybridized carbons (Fsp3) is 0.375. The van der Waals surface area contributed by atoms with Crippen LogP contribution in [0.4, 0.5) is 0 Å². The van der Waals surface area contributed by atoms with Gasteiger partial charge in [0.15, 0.2) is 17.3 Å². The van der Waals surface area contributed by atoms with E-state index in [1.165, 1.54) is 12.1 Å². The third-order valence-electron chi connectivity index (χ3n) is 2.64. The number of phenols is 1. The number of Topliss-reactive ketones (excluding diaryl/α,β-unsaturated/α-hetero) is 1. The first-order chi connectivity index (χ1) is 9.29. The Morgan fingerprint density at radius 2 is 2.10 bits per heavy atom. The van der Waals surface area contributed by atoms with Gasteiger partial charge in [-0.1, -0.05) is 26.8 Å². The molecule has 0 aliphatic heterocycles. The Labute approximate surface area is 119 Å². The quantitative estimate of drug-likeness (QED) is 0.675. The van der Waals surface area contributed by atoms with Crippen LogP contribution in [0.25, 0.3) is 6.08 Å². The van der Waals surface area contributed by atoms with Crippen molar-refractivity contribution in [2.75, 3.05) is 6.61 Å². The second-order valence-electron chi connectivity index (χ2n) is 5.41. The van der Waals surface area contributed by atoms with Gasteiger partial charge in [0.25, 0.3) is 0 Å². The fourth-order valence-corrected chi connectivity index (χ4v) is 1.61. The van der Waals surface area contributed by atoms with Gasteiger partial charge in [0.2, 0.25) is 0 Å². The Hall–Kier alpha value is -2.28. The van der Waals surface area contributed by atoms with Crippen molar-refractivity contribution in [3.05, 3.63) is 29.3 Å². The monoisotopic (exact) mass is 273 g/mol. The number of phenolic OH excluding ortho intramolecular Hbond substituents is 1. The number of hydrogen-bond acceptors (Lipinski definition) is 4. The lowest BCUT2D eigenvalue weighted by atomic mass is 9.86. The molecular formula is C16H19NO3. The normalized spacial score (nSPS) is 11.8. The van der Waals surface area contributed by atoms with Crippen LogP contribution in [0.3, 0.4) is 0 Å². The number of carbonyl (C=O) groups excluding carboxylic acids is 1. The molecule has 1 N–H and O–H groups in total. The molecule has 0 heterocycles. The first-order valence-electron chi connectivity index (χ1n) is 6.42. The van der Waals surface area contributed by atoms with Crippen LogP contribution in [0, 0.1) is 16.7 Å². The summed E-state index contributed by atoms with van der Waals surface area (Å²) < 4.78 is 5.27. The van der Waals surface area contributed by atoms with E-state index in [1.807, 2.05) is 13.0 Å². The summed E-state index contributed by atoms with van der Waals surface area (Å²) in [4.78, 5) is 12.1. The number of rotatable bonds is 4. The van der Waals surface area contributed by atoms with Crippen LogP contribution in [0.5, 0.6) is 11.5 Å². The zero-order valence-corrected chi connectivity index (χ0v) is 12.2. The third-order valence-corrected chi connectivity index (χ3v) is 2.64. The Kier molecular flexibility index (Phi) is 4.93. The average molecular weight is 273 g/mol. The summed E-state index contributed by atoms with van der Waals surface area (Å²) in [7, 11) is 0. The van der Waals surface area contributed by atoms with Crippen molar-refractivity contribution in [3.63, 3.8) is 0 Å². The first kappa shape index (κ1) is 15.8. The third kappa shape index (κ3) is 3.86. The highest BCUT2D eigenvalue weighted by atomic mass is 16.5. The van der Waals surface area contributed by atoms with E-state index in [2.05, 4.69) is 0 Å². The predicted molar refractivity (Wildman–Crippen MR) is 77.3 cm³/mol. The molecule has 0 saturated carbocycles. The van der Waals surface area contributed by atoms with Crippen molar-refractivity contribution in [2.45, 2.75) is 27.7 Å². The summed E-state index contributed by atoms with van der Waals surface area (Å²) >= 11 is 0. The topological polar surface area (TPSA) is 70.3 Å². The lowest BCUT2D eigenvalue weighted by Gasteiger charge is -2.15. The summed E-state index contributed by atoms with van der Waals surface area (Å²) in [5.74, 6) is 0.150. The van der Waals surface area contributed by atoms with Crippen molar-refractivity contribution in [3.8, 4) is 17.6 Å². The van der Waals surface area contributed by atoms with Crippen LogP contribution in [-0.2, 0) is 4.79 Å². The van der Waals surface area contributed by atoms with E-state index in [-0.39, 0.29) is 17.1 Å². The number of nitrogens with zero attached hydrogens (tertiary/aromatic N) is 1. The molecule has 1 aromatic carbocycles. The molecule has 1 rings (SSSR count). The number of benzene rings is 1. The smallest absolute Gasteiger partial charge is 0.178 e. The van der Waals surface area contributed by atoms with Gasteiger partial charge in [0.1, 0.15) is 6.07 Å². The molecule has 0 fully saturated rings. The van der Waals surface area contributed by atoms with Crippen LogP contribution < -0.4 is 4.74 Å². The lowest BCUT2D eigenvalue weighted by molar-refractivity contribution is -0.121. The lowest BCUT2D eigenvalue weighted by Crippen LogP contribution is -2.21. The number of carbonyl (C=O) groups is 1. The molecule has 4 heteroatoms. The zero-order chi connectivity index (χ0) is 15.3. The Bertz CT molecular complexity index is 574. The average Bonchev–Trinajstić information content (AvgIpc) is 2.38. The Balaban J connectivity index is 3.18. The molecule has 0 atom stereocenters. The van der Waals surface area contributed by atoms with Gasteiger partial charge in [-0.15, -0.1) is 0 Å². The highest BCUT2D eigenvalue weighted by Gasteiger charge is 2.24. The molecule has 106 valence electrons. The second kappa shape index (κ2) is 6.25. The molecule has 0 aliphatic rings. The number of allylic oxidation sites excluding steroid dienone is 1. The van der Waals surface area contributed by atoms with Gasteiger partial charge in [-0.3, -0.25) is 4.79 Å².